The van der Waals surface area contributed by atoms with Crippen molar-refractivity contribution in [3.05, 3.63) is 87.4 Å². The number of hydrogen-bond acceptors (Lipinski definition) is 4. The van der Waals surface area contributed by atoms with E-state index in [9.17, 15) is 4.79 Å². The van der Waals surface area contributed by atoms with Crippen LogP contribution in [0.3, 0.4) is 0 Å². The van der Waals surface area contributed by atoms with E-state index in [2.05, 4.69) is 10.5 Å². The number of para-hydroxylation sites is 1. The number of carbonyl (C=O) groups excluding carboxylic acids is 1. The van der Waals surface area contributed by atoms with Gasteiger partial charge in [0.25, 0.3) is 5.91 Å². The van der Waals surface area contributed by atoms with Crippen LogP contribution in [0.15, 0.2) is 71.9 Å². The van der Waals surface area contributed by atoms with Crippen LogP contribution in [0.5, 0.6) is 11.5 Å². The number of nitrogens with zero attached hydrogens (tertiary/aromatic N) is 1. The Kier molecular flexibility index (Phi) is 6.13. The SMILES string of the molecule is O=C(Nc1c(Cl)cc(Cl)cc1Cl)C1CC(c2ccc(Oc3ccccc3)cc2)=NO1. The number of benzene rings is 3. The van der Waals surface area contributed by atoms with Gasteiger partial charge in [-0.25, -0.2) is 0 Å². The van der Waals surface area contributed by atoms with Crippen LogP contribution in [0.2, 0.25) is 15.1 Å². The van der Waals surface area contributed by atoms with Crippen LogP contribution >= 0.6 is 34.8 Å². The summed E-state index contributed by atoms with van der Waals surface area (Å²) in [7, 11) is 0. The predicted molar refractivity (Wildman–Crippen MR) is 119 cm³/mol. The molecule has 3 aromatic carbocycles. The van der Waals surface area contributed by atoms with Gasteiger partial charge in [0.1, 0.15) is 11.5 Å². The quantitative estimate of drug-likeness (QED) is 0.467. The summed E-state index contributed by atoms with van der Waals surface area (Å²) in [5.74, 6) is 1.05. The van der Waals surface area contributed by atoms with Crippen molar-refractivity contribution >= 4 is 52.1 Å². The van der Waals surface area contributed by atoms with Crippen molar-refractivity contribution in [3.8, 4) is 11.5 Å². The second-order valence-electron chi connectivity index (χ2n) is 6.51. The first kappa shape index (κ1) is 20.5. The molecule has 1 aliphatic rings. The molecular formula is C22H15Cl3N2O3. The number of hydrogen-bond donors (Lipinski definition) is 1. The first-order chi connectivity index (χ1) is 14.5. The summed E-state index contributed by atoms with van der Waals surface area (Å²) in [5.41, 5.74) is 1.79. The molecule has 0 aromatic heterocycles. The topological polar surface area (TPSA) is 59.9 Å². The Balaban J connectivity index is 1.39. The molecule has 4 rings (SSSR count). The monoisotopic (exact) mass is 460 g/mol. The number of anilines is 1. The summed E-state index contributed by atoms with van der Waals surface area (Å²) < 4.78 is 5.78. The third kappa shape index (κ3) is 4.70. The van der Waals surface area contributed by atoms with E-state index in [4.69, 9.17) is 44.4 Å². The van der Waals surface area contributed by atoms with E-state index in [1.807, 2.05) is 54.6 Å². The lowest BCUT2D eigenvalue weighted by atomic mass is 10.0. The molecule has 8 heteroatoms. The lowest BCUT2D eigenvalue weighted by Crippen LogP contribution is -2.28. The minimum atomic E-state index is -0.789. The highest BCUT2D eigenvalue weighted by atomic mass is 35.5. The van der Waals surface area contributed by atoms with Crippen molar-refractivity contribution in [1.82, 2.24) is 0 Å². The number of amides is 1. The Morgan fingerprint density at radius 2 is 1.60 bits per heavy atom. The van der Waals surface area contributed by atoms with Crippen molar-refractivity contribution in [1.29, 1.82) is 0 Å². The molecule has 0 saturated heterocycles. The number of carbonyl (C=O) groups is 1. The lowest BCUT2D eigenvalue weighted by molar-refractivity contribution is -0.125. The number of ether oxygens (including phenoxy) is 1. The van der Waals surface area contributed by atoms with Crippen molar-refractivity contribution in [3.63, 3.8) is 0 Å². The summed E-state index contributed by atoms with van der Waals surface area (Å²) in [5, 5.41) is 7.60. The van der Waals surface area contributed by atoms with Gasteiger partial charge in [-0.2, -0.15) is 0 Å². The molecule has 1 unspecified atom stereocenters. The van der Waals surface area contributed by atoms with E-state index >= 15 is 0 Å². The van der Waals surface area contributed by atoms with Gasteiger partial charge in [0, 0.05) is 11.4 Å². The van der Waals surface area contributed by atoms with Crippen molar-refractivity contribution in [2.45, 2.75) is 12.5 Å². The van der Waals surface area contributed by atoms with Gasteiger partial charge in [-0.1, -0.05) is 58.2 Å². The molecule has 0 spiro atoms. The van der Waals surface area contributed by atoms with Crippen LogP contribution < -0.4 is 10.1 Å². The maximum absolute atomic E-state index is 12.6. The molecule has 5 nitrogen and oxygen atoms in total. The smallest absolute Gasteiger partial charge is 0.268 e. The summed E-state index contributed by atoms with van der Waals surface area (Å²) in [6.45, 7) is 0. The third-order valence-corrected chi connectivity index (χ3v) is 5.20. The Bertz CT molecular complexity index is 1080. The molecule has 0 bridgehead atoms. The molecule has 152 valence electrons. The minimum Gasteiger partial charge on any atom is -0.457 e. The highest BCUT2D eigenvalue weighted by molar-refractivity contribution is 6.42. The summed E-state index contributed by atoms with van der Waals surface area (Å²) in [6, 6.07) is 19.9. The van der Waals surface area contributed by atoms with Crippen molar-refractivity contribution < 1.29 is 14.4 Å². The van der Waals surface area contributed by atoms with Crippen LogP contribution in [-0.2, 0) is 9.63 Å². The van der Waals surface area contributed by atoms with Gasteiger partial charge in [0.2, 0.25) is 6.10 Å². The highest BCUT2D eigenvalue weighted by Crippen LogP contribution is 2.34. The summed E-state index contributed by atoms with van der Waals surface area (Å²) >= 11 is 18.1. The minimum absolute atomic E-state index is 0.244. The number of halogens is 3. The van der Waals surface area contributed by atoms with Gasteiger partial charge < -0.3 is 14.9 Å². The molecule has 0 saturated carbocycles. The van der Waals surface area contributed by atoms with Gasteiger partial charge in [0.05, 0.1) is 21.4 Å². The molecular weight excluding hydrogens is 447 g/mol. The summed E-state index contributed by atoms with van der Waals surface area (Å²) in [4.78, 5) is 17.9. The van der Waals surface area contributed by atoms with Crippen LogP contribution in [0.1, 0.15) is 12.0 Å². The molecule has 3 aromatic rings. The van der Waals surface area contributed by atoms with Crippen LogP contribution in [-0.4, -0.2) is 17.7 Å². The van der Waals surface area contributed by atoms with Gasteiger partial charge in [0.15, 0.2) is 0 Å². The summed E-state index contributed by atoms with van der Waals surface area (Å²) in [6.07, 6.45) is -0.476. The normalized spacial score (nSPS) is 15.3. The Labute approximate surface area is 188 Å². The average Bonchev–Trinajstić information content (AvgIpc) is 3.22. The molecule has 0 fully saturated rings. The Hall–Kier alpha value is -2.73. The molecule has 1 amide bonds. The molecule has 0 radical (unpaired) electrons. The van der Waals surface area contributed by atoms with Crippen LogP contribution in [0.4, 0.5) is 5.69 Å². The second kappa shape index (κ2) is 8.96. The Morgan fingerprint density at radius 1 is 0.967 bits per heavy atom. The van der Waals surface area contributed by atoms with Crippen molar-refractivity contribution in [2.75, 3.05) is 5.32 Å². The maximum Gasteiger partial charge on any atom is 0.268 e. The van der Waals surface area contributed by atoms with E-state index < -0.39 is 12.0 Å². The highest BCUT2D eigenvalue weighted by Gasteiger charge is 2.29. The standard InChI is InChI=1S/C22H15Cl3N2O3/c23-14-10-17(24)21(18(25)11-14)26-22(28)20-12-19(27-30-20)13-6-8-16(9-7-13)29-15-4-2-1-3-5-15/h1-11,20H,12H2,(H,26,28). The fraction of sp³-hybridized carbons (Fsp3) is 0.0909. The third-order valence-electron chi connectivity index (χ3n) is 4.38. The molecule has 1 heterocycles. The van der Waals surface area contributed by atoms with E-state index in [1.165, 1.54) is 12.1 Å². The first-order valence-electron chi connectivity index (χ1n) is 9.01. The van der Waals surface area contributed by atoms with Gasteiger partial charge >= 0.3 is 0 Å². The fourth-order valence-electron chi connectivity index (χ4n) is 2.89. The average molecular weight is 462 g/mol. The second-order valence-corrected chi connectivity index (χ2v) is 7.76. The molecule has 30 heavy (non-hydrogen) atoms. The zero-order chi connectivity index (χ0) is 21.1. The largest absolute Gasteiger partial charge is 0.457 e. The van der Waals surface area contributed by atoms with E-state index in [1.54, 1.807) is 0 Å². The lowest BCUT2D eigenvalue weighted by Gasteiger charge is -2.12. The first-order valence-corrected chi connectivity index (χ1v) is 10.1. The molecule has 1 atom stereocenters. The zero-order valence-corrected chi connectivity index (χ0v) is 17.7. The molecule has 1 aliphatic heterocycles. The Morgan fingerprint density at radius 3 is 2.27 bits per heavy atom. The predicted octanol–water partition coefficient (Wildman–Crippen LogP) is 6.57. The van der Waals surface area contributed by atoms with E-state index in [0.29, 0.717) is 22.9 Å². The number of oxime groups is 1. The zero-order valence-electron chi connectivity index (χ0n) is 15.4. The number of nitrogens with one attached hydrogen (secondary N) is 1. The van der Waals surface area contributed by atoms with Crippen LogP contribution in [0, 0.1) is 0 Å². The molecule has 0 aliphatic carbocycles. The van der Waals surface area contributed by atoms with E-state index in [0.717, 1.165) is 11.3 Å². The number of rotatable bonds is 5. The van der Waals surface area contributed by atoms with E-state index in [-0.39, 0.29) is 15.7 Å². The van der Waals surface area contributed by atoms with Crippen LogP contribution in [0.25, 0.3) is 0 Å². The maximum atomic E-state index is 12.6. The van der Waals surface area contributed by atoms with Crippen molar-refractivity contribution in [2.24, 2.45) is 5.16 Å². The van der Waals surface area contributed by atoms with Gasteiger partial charge in [-0.05, 0) is 54.1 Å². The molecule has 1 N–H and O–H groups in total. The van der Waals surface area contributed by atoms with Gasteiger partial charge in [-0.15, -0.1) is 0 Å². The fourth-order valence-corrected chi connectivity index (χ4v) is 3.81. The van der Waals surface area contributed by atoms with Gasteiger partial charge in [-0.3, -0.25) is 4.79 Å².